The van der Waals surface area contributed by atoms with Crippen LogP contribution in [0.3, 0.4) is 0 Å². The van der Waals surface area contributed by atoms with Crippen molar-refractivity contribution in [3.05, 3.63) is 29.8 Å². The number of hydrogen-bond donors (Lipinski definition) is 1. The van der Waals surface area contributed by atoms with Crippen molar-refractivity contribution in [2.45, 2.75) is 20.8 Å². The summed E-state index contributed by atoms with van der Waals surface area (Å²) in [5.74, 6) is -0.308. The molecule has 120 valence electrons. The molecule has 0 unspecified atom stereocenters. The van der Waals surface area contributed by atoms with Crippen LogP contribution in [0.4, 0.5) is 5.69 Å². The van der Waals surface area contributed by atoms with E-state index in [0.717, 1.165) is 0 Å². The van der Waals surface area contributed by atoms with E-state index in [9.17, 15) is 9.59 Å². The quantitative estimate of drug-likeness (QED) is 0.839. The van der Waals surface area contributed by atoms with E-state index in [1.165, 1.54) is 0 Å². The lowest BCUT2D eigenvalue weighted by Crippen LogP contribution is -2.49. The fourth-order valence-corrected chi connectivity index (χ4v) is 2.09. The number of rotatable bonds is 2. The molecule has 6 nitrogen and oxygen atoms in total. The summed E-state index contributed by atoms with van der Waals surface area (Å²) >= 11 is 0. The molecule has 1 heterocycles. The predicted molar refractivity (Wildman–Crippen MR) is 83.9 cm³/mol. The normalized spacial score (nSPS) is 16.4. The fourth-order valence-electron chi connectivity index (χ4n) is 2.09. The molecule has 22 heavy (non-hydrogen) atoms. The highest BCUT2D eigenvalue weighted by molar-refractivity contribution is 5.95. The van der Waals surface area contributed by atoms with Crippen molar-refractivity contribution in [2.75, 3.05) is 31.9 Å². The van der Waals surface area contributed by atoms with E-state index in [0.29, 0.717) is 37.4 Å². The number of carbonyl (C=O) groups is 2. The molecule has 1 saturated heterocycles. The molecule has 1 aromatic carbocycles. The van der Waals surface area contributed by atoms with Gasteiger partial charge in [-0.25, -0.2) is 4.79 Å². The average molecular weight is 305 g/mol. The van der Waals surface area contributed by atoms with Crippen LogP contribution in [0.1, 0.15) is 31.1 Å². The van der Waals surface area contributed by atoms with Crippen LogP contribution < -0.4 is 5.73 Å². The van der Waals surface area contributed by atoms with Crippen molar-refractivity contribution in [1.82, 2.24) is 9.96 Å². The SMILES string of the molecule is CC(C)(C)C(=O)ON1CCN(C(=O)c2cccc(N)c2)CC1. The van der Waals surface area contributed by atoms with Crippen LogP contribution in [0.2, 0.25) is 0 Å². The number of anilines is 1. The zero-order valence-corrected chi connectivity index (χ0v) is 13.3. The van der Waals surface area contributed by atoms with E-state index >= 15 is 0 Å². The molecule has 2 N–H and O–H groups in total. The summed E-state index contributed by atoms with van der Waals surface area (Å²) in [6.45, 7) is 7.50. The summed E-state index contributed by atoms with van der Waals surface area (Å²) in [6, 6.07) is 6.95. The van der Waals surface area contributed by atoms with E-state index in [1.807, 2.05) is 20.8 Å². The van der Waals surface area contributed by atoms with E-state index < -0.39 is 5.41 Å². The highest BCUT2D eigenvalue weighted by Crippen LogP contribution is 2.17. The summed E-state index contributed by atoms with van der Waals surface area (Å²) in [4.78, 5) is 31.3. The summed E-state index contributed by atoms with van der Waals surface area (Å²) < 4.78 is 0. The first-order chi connectivity index (χ1) is 10.3. The van der Waals surface area contributed by atoms with Crippen molar-refractivity contribution in [3.8, 4) is 0 Å². The molecule has 0 aromatic heterocycles. The van der Waals surface area contributed by atoms with Gasteiger partial charge in [0.1, 0.15) is 0 Å². The molecule has 0 bridgehead atoms. The Hall–Kier alpha value is -2.08. The molecular formula is C16H23N3O3. The molecule has 0 radical (unpaired) electrons. The summed E-state index contributed by atoms with van der Waals surface area (Å²) in [5.41, 5.74) is 6.33. The van der Waals surface area contributed by atoms with Gasteiger partial charge in [-0.1, -0.05) is 6.07 Å². The Labute approximate surface area is 130 Å². The molecule has 0 spiro atoms. The van der Waals surface area contributed by atoms with Gasteiger partial charge >= 0.3 is 5.97 Å². The predicted octanol–water partition coefficient (Wildman–Crippen LogP) is 1.53. The number of hydrogen-bond acceptors (Lipinski definition) is 5. The van der Waals surface area contributed by atoms with Crippen LogP contribution in [0.25, 0.3) is 0 Å². The Morgan fingerprint density at radius 2 is 1.77 bits per heavy atom. The monoisotopic (exact) mass is 305 g/mol. The summed E-state index contributed by atoms with van der Waals surface area (Å²) in [5, 5.41) is 1.62. The van der Waals surface area contributed by atoms with Gasteiger partial charge in [0.2, 0.25) is 0 Å². The van der Waals surface area contributed by atoms with Gasteiger partial charge in [-0.2, -0.15) is 0 Å². The third-order valence-corrected chi connectivity index (χ3v) is 3.48. The van der Waals surface area contributed by atoms with Gasteiger partial charge in [0.15, 0.2) is 0 Å². The maximum absolute atomic E-state index is 12.4. The Bertz CT molecular complexity index is 558. The topological polar surface area (TPSA) is 75.9 Å². The fraction of sp³-hybridized carbons (Fsp3) is 0.500. The number of carbonyl (C=O) groups excluding carboxylic acids is 2. The number of nitrogen functional groups attached to an aromatic ring is 1. The van der Waals surface area contributed by atoms with E-state index in [2.05, 4.69) is 0 Å². The number of benzene rings is 1. The van der Waals surface area contributed by atoms with Crippen LogP contribution in [0, 0.1) is 5.41 Å². The zero-order chi connectivity index (χ0) is 16.3. The molecule has 2 rings (SSSR count). The Morgan fingerprint density at radius 3 is 2.32 bits per heavy atom. The lowest BCUT2D eigenvalue weighted by molar-refractivity contribution is -0.205. The number of amides is 1. The van der Waals surface area contributed by atoms with Crippen LogP contribution in [0.15, 0.2) is 24.3 Å². The Morgan fingerprint density at radius 1 is 1.14 bits per heavy atom. The molecule has 0 saturated carbocycles. The standard InChI is InChI=1S/C16H23N3O3/c1-16(2,3)15(21)22-19-9-7-18(8-10-19)14(20)12-5-4-6-13(17)11-12/h4-6,11H,7-10,17H2,1-3H3. The largest absolute Gasteiger partial charge is 0.399 e. The van der Waals surface area contributed by atoms with E-state index in [-0.39, 0.29) is 11.9 Å². The van der Waals surface area contributed by atoms with Gasteiger partial charge in [-0.15, -0.1) is 5.06 Å². The van der Waals surface area contributed by atoms with Crippen LogP contribution in [-0.2, 0) is 9.63 Å². The molecule has 6 heteroatoms. The van der Waals surface area contributed by atoms with Crippen molar-refractivity contribution >= 4 is 17.6 Å². The minimum atomic E-state index is -0.533. The minimum Gasteiger partial charge on any atom is -0.399 e. The first kappa shape index (κ1) is 16.3. The second-order valence-corrected chi connectivity index (χ2v) is 6.48. The maximum atomic E-state index is 12.4. The van der Waals surface area contributed by atoms with Crippen LogP contribution in [0.5, 0.6) is 0 Å². The van der Waals surface area contributed by atoms with Gasteiger partial charge in [-0.3, -0.25) is 4.79 Å². The Balaban J connectivity index is 1.89. The smallest absolute Gasteiger partial charge is 0.330 e. The molecule has 1 aliphatic heterocycles. The van der Waals surface area contributed by atoms with Gasteiger partial charge in [0, 0.05) is 24.3 Å². The number of nitrogens with zero attached hydrogens (tertiary/aromatic N) is 2. The van der Waals surface area contributed by atoms with Crippen molar-refractivity contribution < 1.29 is 14.4 Å². The summed E-state index contributed by atoms with van der Waals surface area (Å²) in [7, 11) is 0. The third-order valence-electron chi connectivity index (χ3n) is 3.48. The Kier molecular flexibility index (Phi) is 4.71. The highest BCUT2D eigenvalue weighted by Gasteiger charge is 2.29. The average Bonchev–Trinajstić information content (AvgIpc) is 2.46. The molecule has 0 atom stereocenters. The lowest BCUT2D eigenvalue weighted by atomic mass is 9.98. The van der Waals surface area contributed by atoms with Crippen molar-refractivity contribution in [1.29, 1.82) is 0 Å². The molecule has 0 aliphatic carbocycles. The van der Waals surface area contributed by atoms with Gasteiger partial charge < -0.3 is 15.5 Å². The number of nitrogens with two attached hydrogens (primary N) is 1. The molecule has 1 aliphatic rings. The van der Waals surface area contributed by atoms with Gasteiger partial charge in [0.25, 0.3) is 5.91 Å². The second-order valence-electron chi connectivity index (χ2n) is 6.48. The summed E-state index contributed by atoms with van der Waals surface area (Å²) in [6.07, 6.45) is 0. The van der Waals surface area contributed by atoms with Gasteiger partial charge in [-0.05, 0) is 39.0 Å². The number of piperazine rings is 1. The first-order valence-electron chi connectivity index (χ1n) is 7.39. The molecule has 1 fully saturated rings. The molecule has 1 amide bonds. The van der Waals surface area contributed by atoms with E-state index in [1.54, 1.807) is 34.2 Å². The third kappa shape index (κ3) is 3.98. The van der Waals surface area contributed by atoms with Crippen LogP contribution in [-0.4, -0.2) is 48.0 Å². The lowest BCUT2D eigenvalue weighted by Gasteiger charge is -2.34. The van der Waals surface area contributed by atoms with E-state index in [4.69, 9.17) is 10.6 Å². The minimum absolute atomic E-state index is 0.0471. The zero-order valence-electron chi connectivity index (χ0n) is 13.3. The first-order valence-corrected chi connectivity index (χ1v) is 7.39. The molecule has 1 aromatic rings. The van der Waals surface area contributed by atoms with Crippen molar-refractivity contribution in [3.63, 3.8) is 0 Å². The highest BCUT2D eigenvalue weighted by atomic mass is 16.7. The van der Waals surface area contributed by atoms with Crippen LogP contribution >= 0.6 is 0 Å². The second kappa shape index (κ2) is 6.36. The maximum Gasteiger partial charge on any atom is 0.330 e. The van der Waals surface area contributed by atoms with Crippen molar-refractivity contribution in [2.24, 2.45) is 5.41 Å². The van der Waals surface area contributed by atoms with Gasteiger partial charge in [0.05, 0.1) is 18.5 Å². The molecular weight excluding hydrogens is 282 g/mol. The number of hydroxylamine groups is 2.